The van der Waals surface area contributed by atoms with Crippen LogP contribution >= 0.6 is 0 Å². The highest BCUT2D eigenvalue weighted by Gasteiger charge is 2.21. The molecule has 3 aromatic rings. The van der Waals surface area contributed by atoms with Crippen LogP contribution in [0, 0.1) is 28.1 Å². The van der Waals surface area contributed by atoms with Crippen molar-refractivity contribution >= 4 is 23.0 Å². The Morgan fingerprint density at radius 1 is 1.02 bits per heavy atom. The molecule has 0 aliphatic carbocycles. The largest absolute Gasteiger partial charge is 0.493 e. The molecule has 18 heteroatoms. The lowest BCUT2D eigenvalue weighted by atomic mass is 10.1. The lowest BCUT2D eigenvalue weighted by Gasteiger charge is -2.16. The van der Waals surface area contributed by atoms with Gasteiger partial charge in [-0.3, -0.25) is 5.41 Å². The van der Waals surface area contributed by atoms with Gasteiger partial charge in [-0.2, -0.15) is 11.1 Å². The van der Waals surface area contributed by atoms with Gasteiger partial charge in [0.25, 0.3) is 0 Å². The summed E-state index contributed by atoms with van der Waals surface area (Å²) in [7, 11) is 0. The van der Waals surface area contributed by atoms with Crippen LogP contribution in [0.1, 0.15) is 17.0 Å². The van der Waals surface area contributed by atoms with E-state index in [9.17, 15) is 8.78 Å². The molecule has 0 unspecified atom stereocenters. The number of ether oxygens (including phenoxy) is 2. The van der Waals surface area contributed by atoms with Crippen LogP contribution in [0.2, 0.25) is 0 Å². The van der Waals surface area contributed by atoms with Crippen molar-refractivity contribution in [1.82, 2.24) is 9.97 Å². The van der Waals surface area contributed by atoms with Crippen molar-refractivity contribution in [1.29, 1.82) is 16.5 Å². The van der Waals surface area contributed by atoms with E-state index in [1.165, 1.54) is 0 Å². The van der Waals surface area contributed by atoms with Crippen LogP contribution in [0.15, 0.2) is 52.0 Å². The van der Waals surface area contributed by atoms with Gasteiger partial charge >= 0.3 is 0 Å². The van der Waals surface area contributed by atoms with E-state index in [-0.39, 0.29) is 78.7 Å². The van der Waals surface area contributed by atoms with Gasteiger partial charge in [0.15, 0.2) is 17.5 Å². The van der Waals surface area contributed by atoms with Gasteiger partial charge in [-0.1, -0.05) is 33.8 Å². The number of para-hydroxylation sites is 1. The summed E-state index contributed by atoms with van der Waals surface area (Å²) in [6.07, 6.45) is 0. The molecule has 7 N–H and O–H groups in total. The van der Waals surface area contributed by atoms with E-state index < -0.39 is 11.6 Å². The van der Waals surface area contributed by atoms with Crippen molar-refractivity contribution in [3.8, 4) is 11.5 Å². The van der Waals surface area contributed by atoms with Crippen molar-refractivity contribution in [2.75, 3.05) is 42.5 Å². The smallest absolute Gasteiger partial charge is 0.208 e. The Hall–Kier alpha value is -5.48. The van der Waals surface area contributed by atoms with E-state index >= 15 is 0 Å². The van der Waals surface area contributed by atoms with E-state index in [2.05, 4.69) is 46.6 Å². The summed E-state index contributed by atoms with van der Waals surface area (Å²) < 4.78 is 39.9. The van der Waals surface area contributed by atoms with E-state index in [0.29, 0.717) is 5.69 Å². The number of azide groups is 1. The summed E-state index contributed by atoms with van der Waals surface area (Å²) in [6, 6.07) is 8.45. The minimum atomic E-state index is -0.870. The monoisotopic (exact) mass is 555 g/mol. The van der Waals surface area contributed by atoms with Crippen molar-refractivity contribution in [2.45, 2.75) is 6.54 Å². The average molecular weight is 556 g/mol. The number of anilines is 3. The van der Waals surface area contributed by atoms with Gasteiger partial charge in [-0.15, -0.1) is 0 Å². The molecular weight excluding hydrogens is 532 g/mol. The third kappa shape index (κ3) is 7.30. The number of hydrogen-bond donors (Lipinski definition) is 7. The summed E-state index contributed by atoms with van der Waals surface area (Å²) in [5.74, 6) is -2.37. The molecule has 0 saturated carbocycles. The molecule has 3 rings (SSSR count). The number of rotatable bonds is 16. The number of benzene rings is 2. The lowest BCUT2D eigenvalue weighted by molar-refractivity contribution is 0.202. The van der Waals surface area contributed by atoms with Gasteiger partial charge in [0.1, 0.15) is 29.7 Å². The Bertz CT molecular complexity index is 1380. The molecule has 208 valence electrons. The first kappa shape index (κ1) is 29.1. The predicted octanol–water partition coefficient (Wildman–Crippen LogP) is 4.56. The maximum absolute atomic E-state index is 14.7. The Balaban J connectivity index is 1.88. The highest BCUT2D eigenvalue weighted by Crippen LogP contribution is 2.32. The number of aliphatic hydroxyl groups excluding tert-OH is 1. The molecule has 16 nitrogen and oxygen atoms in total. The van der Waals surface area contributed by atoms with Gasteiger partial charge in [0.05, 0.1) is 19.8 Å². The van der Waals surface area contributed by atoms with E-state index in [1.54, 1.807) is 24.3 Å². The molecule has 0 aliphatic rings. The second kappa shape index (κ2) is 14.5. The Morgan fingerprint density at radius 3 is 2.27 bits per heavy atom. The molecule has 0 atom stereocenters. The third-order valence-electron chi connectivity index (χ3n) is 5.04. The minimum absolute atomic E-state index is 0.00121. The zero-order valence-corrected chi connectivity index (χ0v) is 20.6. The first-order chi connectivity index (χ1) is 19.4. The standard InChI is InChI=1S/C22H23F2N13O3/c23-15-9-12(39-7-5-30-35-26)10-16(24)14(15)11-29-17-4-2-1-3-13(17)18(25)20-31-21(33-36-27)19(40-8-6-38)22(32-20)34-37-28/h1-4,9-10,25,29,38H,5-8,11H2,(H4,27,28,31,32,33,34). The molecule has 0 bridgehead atoms. The van der Waals surface area contributed by atoms with E-state index in [1.807, 2.05) is 0 Å². The van der Waals surface area contributed by atoms with E-state index in [4.69, 9.17) is 36.6 Å². The second-order valence-electron chi connectivity index (χ2n) is 7.54. The molecule has 0 saturated heterocycles. The molecule has 1 heterocycles. The molecule has 0 aliphatic heterocycles. The Morgan fingerprint density at radius 2 is 1.68 bits per heavy atom. The number of hydrogen-bond acceptors (Lipinski definition) is 12. The first-order valence-corrected chi connectivity index (χ1v) is 11.4. The molecule has 0 fully saturated rings. The molecule has 2 aromatic carbocycles. The third-order valence-corrected chi connectivity index (χ3v) is 5.04. The van der Waals surface area contributed by atoms with Crippen molar-refractivity contribution in [3.63, 3.8) is 0 Å². The van der Waals surface area contributed by atoms with Crippen LogP contribution in [0.5, 0.6) is 11.5 Å². The number of aliphatic hydroxyl groups is 1. The van der Waals surface area contributed by atoms with Crippen LogP contribution in [-0.4, -0.2) is 47.2 Å². The summed E-state index contributed by atoms with van der Waals surface area (Å²) in [5, 5.41) is 30.1. The number of halogens is 2. The first-order valence-electron chi connectivity index (χ1n) is 11.4. The number of aromatic nitrogens is 2. The second-order valence-corrected chi connectivity index (χ2v) is 7.54. The fourth-order valence-corrected chi connectivity index (χ4v) is 3.34. The van der Waals surface area contributed by atoms with Crippen LogP contribution in [0.3, 0.4) is 0 Å². The Labute approximate surface area is 224 Å². The predicted molar refractivity (Wildman–Crippen MR) is 138 cm³/mol. The van der Waals surface area contributed by atoms with Gasteiger partial charge in [0.2, 0.25) is 5.75 Å². The van der Waals surface area contributed by atoms with Crippen LogP contribution in [0.25, 0.3) is 10.4 Å². The van der Waals surface area contributed by atoms with E-state index in [0.717, 1.165) is 12.1 Å². The summed E-state index contributed by atoms with van der Waals surface area (Å²) in [4.78, 5) is 10.9. The lowest BCUT2D eigenvalue weighted by Crippen LogP contribution is -2.15. The van der Waals surface area contributed by atoms with Gasteiger partial charge in [-0.25, -0.2) is 29.6 Å². The van der Waals surface area contributed by atoms with Gasteiger partial charge < -0.3 is 19.9 Å². The summed E-state index contributed by atoms with van der Waals surface area (Å²) >= 11 is 0. The fraction of sp³-hybridized carbons (Fsp3) is 0.227. The minimum Gasteiger partial charge on any atom is -0.493 e. The maximum atomic E-state index is 14.7. The number of nitrogens with one attached hydrogen (secondary N) is 6. The van der Waals surface area contributed by atoms with Crippen molar-refractivity contribution in [3.05, 3.63) is 75.4 Å². The maximum Gasteiger partial charge on any atom is 0.208 e. The zero-order valence-electron chi connectivity index (χ0n) is 20.6. The summed E-state index contributed by atoms with van der Waals surface area (Å²) in [5.41, 5.74) is 27.2. The fourth-order valence-electron chi connectivity index (χ4n) is 3.34. The van der Waals surface area contributed by atoms with Crippen LogP contribution in [0.4, 0.5) is 26.1 Å². The Kier molecular flexibility index (Phi) is 10.5. The van der Waals surface area contributed by atoms with Gasteiger partial charge in [0, 0.05) is 40.4 Å². The molecule has 0 amide bonds. The number of nitrogens with zero attached hydrogens (tertiary/aromatic N) is 7. The molecule has 0 spiro atoms. The van der Waals surface area contributed by atoms with Crippen molar-refractivity contribution < 1.29 is 23.4 Å². The van der Waals surface area contributed by atoms with Crippen LogP contribution in [-0.2, 0) is 6.54 Å². The topological polar surface area (TPSA) is 246 Å². The molecule has 1 aromatic heterocycles. The van der Waals surface area contributed by atoms with Gasteiger partial charge in [-0.05, 0) is 11.6 Å². The van der Waals surface area contributed by atoms with Crippen LogP contribution < -0.4 is 25.6 Å². The molecule has 40 heavy (non-hydrogen) atoms. The normalized spacial score (nSPS) is 10.2. The quantitative estimate of drug-likeness (QED) is 0.0329. The average Bonchev–Trinajstić information content (AvgIpc) is 2.94. The zero-order chi connectivity index (χ0) is 28.9. The molecular formula is C22H23F2N13O3. The highest BCUT2D eigenvalue weighted by atomic mass is 19.1. The van der Waals surface area contributed by atoms with Crippen molar-refractivity contribution in [2.24, 2.45) is 15.6 Å². The highest BCUT2D eigenvalue weighted by molar-refractivity contribution is 6.12. The summed E-state index contributed by atoms with van der Waals surface area (Å²) in [6.45, 7) is -0.849. The SMILES string of the molecule is [N-]=[N+]=NCCOc1cc(F)c(CNc2ccccc2C(=N)c2nc(NN=N)c(OCCO)c(NN=N)n2)c(F)c1. The molecule has 0 radical (unpaired) electrons.